The molecule has 0 aromatic heterocycles. The average Bonchev–Trinajstić information content (AvgIpc) is 2.93. The number of carbonyl (C=O) groups is 3. The summed E-state index contributed by atoms with van der Waals surface area (Å²) in [6.45, 7) is 9.61. The highest BCUT2D eigenvalue weighted by atomic mass is 16.5. The van der Waals surface area contributed by atoms with Crippen LogP contribution in [-0.2, 0) is 19.1 Å². The third-order valence-corrected chi connectivity index (χ3v) is 5.06. The van der Waals surface area contributed by atoms with Gasteiger partial charge in [-0.1, -0.05) is 23.8 Å². The summed E-state index contributed by atoms with van der Waals surface area (Å²) >= 11 is 0. The molecule has 0 atom stereocenters. The number of hydrogen-bond acceptors (Lipinski definition) is 5. The highest BCUT2D eigenvalue weighted by molar-refractivity contribution is 6.36. The van der Waals surface area contributed by atoms with E-state index in [2.05, 4.69) is 10.6 Å². The molecule has 3 amide bonds. The van der Waals surface area contributed by atoms with Crippen LogP contribution in [0.5, 0.6) is 0 Å². The Bertz CT molecular complexity index is 1070. The van der Waals surface area contributed by atoms with E-state index in [-0.39, 0.29) is 42.7 Å². The zero-order chi connectivity index (χ0) is 23.4. The number of ether oxygens (including phenoxy) is 1. The summed E-state index contributed by atoms with van der Waals surface area (Å²) in [5, 5.41) is 5.84. The number of nitrogens with zero attached hydrogens (tertiary/aromatic N) is 1. The first-order valence-corrected chi connectivity index (χ1v) is 10.6. The minimum absolute atomic E-state index is 0.00861. The van der Waals surface area contributed by atoms with Gasteiger partial charge in [-0.05, 0) is 63.1 Å². The lowest BCUT2D eigenvalue weighted by atomic mass is 9.97. The zero-order valence-electron chi connectivity index (χ0n) is 19.1. The summed E-state index contributed by atoms with van der Waals surface area (Å²) in [5.41, 5.74) is 4.58. The van der Waals surface area contributed by atoms with Crippen LogP contribution in [0.25, 0.3) is 5.57 Å². The van der Waals surface area contributed by atoms with Crippen molar-refractivity contribution in [3.8, 4) is 0 Å². The quantitative estimate of drug-likeness (QED) is 0.615. The Balaban J connectivity index is 1.96. The fraction of sp³-hybridized carbons (Fsp3) is 0.320. The normalized spacial score (nSPS) is 13.9. The second-order valence-corrected chi connectivity index (χ2v) is 8.13. The van der Waals surface area contributed by atoms with E-state index in [0.29, 0.717) is 16.9 Å². The van der Waals surface area contributed by atoms with Crippen LogP contribution in [0.2, 0.25) is 0 Å². The van der Waals surface area contributed by atoms with Crippen LogP contribution >= 0.6 is 0 Å². The molecule has 0 bridgehead atoms. The van der Waals surface area contributed by atoms with Gasteiger partial charge >= 0.3 is 0 Å². The van der Waals surface area contributed by atoms with Crippen molar-refractivity contribution in [3.63, 3.8) is 0 Å². The van der Waals surface area contributed by atoms with E-state index in [4.69, 9.17) is 4.74 Å². The van der Waals surface area contributed by atoms with Crippen molar-refractivity contribution < 1.29 is 19.1 Å². The van der Waals surface area contributed by atoms with Crippen LogP contribution in [0.4, 0.5) is 11.4 Å². The van der Waals surface area contributed by atoms with E-state index < -0.39 is 0 Å². The fourth-order valence-corrected chi connectivity index (χ4v) is 3.60. The first-order valence-electron chi connectivity index (χ1n) is 10.6. The summed E-state index contributed by atoms with van der Waals surface area (Å²) in [6.07, 6.45) is 0.00861. The second kappa shape index (κ2) is 9.78. The molecule has 0 spiro atoms. The Morgan fingerprint density at radius 1 is 1.00 bits per heavy atom. The molecular weight excluding hydrogens is 406 g/mol. The number of rotatable bonds is 8. The van der Waals surface area contributed by atoms with Gasteiger partial charge < -0.3 is 15.4 Å². The Labute approximate surface area is 188 Å². The van der Waals surface area contributed by atoms with Gasteiger partial charge in [-0.25, -0.2) is 0 Å². The Kier molecular flexibility index (Phi) is 7.10. The maximum Gasteiger partial charge on any atom is 0.278 e. The molecule has 168 valence electrons. The van der Waals surface area contributed by atoms with Gasteiger partial charge in [-0.2, -0.15) is 0 Å². The van der Waals surface area contributed by atoms with E-state index in [1.54, 1.807) is 24.3 Å². The molecule has 0 saturated heterocycles. The van der Waals surface area contributed by atoms with Crippen molar-refractivity contribution in [3.05, 3.63) is 64.9 Å². The van der Waals surface area contributed by atoms with Crippen molar-refractivity contribution in [1.29, 1.82) is 0 Å². The molecule has 1 heterocycles. The predicted octanol–water partition coefficient (Wildman–Crippen LogP) is 3.88. The molecule has 1 aliphatic rings. The molecule has 2 N–H and O–H groups in total. The molecule has 32 heavy (non-hydrogen) atoms. The minimum Gasteiger partial charge on any atom is -0.377 e. The van der Waals surface area contributed by atoms with Gasteiger partial charge in [0, 0.05) is 18.3 Å². The molecule has 0 aliphatic carbocycles. The summed E-state index contributed by atoms with van der Waals surface area (Å²) in [6, 6.07) is 12.8. The maximum atomic E-state index is 13.3. The third-order valence-electron chi connectivity index (χ3n) is 5.06. The van der Waals surface area contributed by atoms with Gasteiger partial charge in [0.05, 0.1) is 24.8 Å². The van der Waals surface area contributed by atoms with Gasteiger partial charge in [0.25, 0.3) is 11.8 Å². The Morgan fingerprint density at radius 2 is 1.66 bits per heavy atom. The molecule has 0 saturated carbocycles. The van der Waals surface area contributed by atoms with E-state index in [0.717, 1.165) is 16.7 Å². The smallest absolute Gasteiger partial charge is 0.278 e. The van der Waals surface area contributed by atoms with Crippen LogP contribution < -0.4 is 10.6 Å². The van der Waals surface area contributed by atoms with Crippen molar-refractivity contribution in [2.45, 2.75) is 40.7 Å². The first-order chi connectivity index (χ1) is 15.2. The molecule has 2 aromatic carbocycles. The number of amides is 3. The van der Waals surface area contributed by atoms with Crippen LogP contribution in [0.3, 0.4) is 0 Å². The molecule has 2 aromatic rings. The van der Waals surface area contributed by atoms with Gasteiger partial charge in [-0.15, -0.1) is 0 Å². The molecule has 0 unspecified atom stereocenters. The number of nitrogens with one attached hydrogen (secondary N) is 2. The zero-order valence-corrected chi connectivity index (χ0v) is 19.1. The minimum atomic E-state index is -0.386. The number of anilines is 2. The Morgan fingerprint density at radius 3 is 2.25 bits per heavy atom. The Hall–Kier alpha value is -3.45. The number of aryl methyl sites for hydroxylation is 2. The predicted molar refractivity (Wildman–Crippen MR) is 125 cm³/mol. The number of benzene rings is 2. The van der Waals surface area contributed by atoms with E-state index in [1.807, 2.05) is 45.9 Å². The SMILES string of the molecule is CC(=O)Nc1ccc(NC2=C(c3ccc(C)cc3C)C(=O)N(CCOC(C)C)C2=O)cc1. The lowest BCUT2D eigenvalue weighted by Crippen LogP contribution is -2.35. The maximum absolute atomic E-state index is 13.3. The van der Waals surface area contributed by atoms with Crippen molar-refractivity contribution in [2.24, 2.45) is 0 Å². The molecule has 0 fully saturated rings. The first kappa shape index (κ1) is 23.2. The highest BCUT2D eigenvalue weighted by Gasteiger charge is 2.39. The molecule has 7 heteroatoms. The fourth-order valence-electron chi connectivity index (χ4n) is 3.60. The van der Waals surface area contributed by atoms with Gasteiger partial charge in [0.2, 0.25) is 5.91 Å². The molecule has 0 radical (unpaired) electrons. The van der Waals surface area contributed by atoms with E-state index >= 15 is 0 Å². The van der Waals surface area contributed by atoms with Crippen LogP contribution in [0, 0.1) is 13.8 Å². The monoisotopic (exact) mass is 435 g/mol. The second-order valence-electron chi connectivity index (χ2n) is 8.13. The molecular formula is C25H29N3O4. The number of carbonyl (C=O) groups excluding carboxylic acids is 3. The summed E-state index contributed by atoms with van der Waals surface area (Å²) < 4.78 is 5.56. The number of imide groups is 1. The number of hydrogen-bond donors (Lipinski definition) is 2. The molecule has 1 aliphatic heterocycles. The van der Waals surface area contributed by atoms with E-state index in [9.17, 15) is 14.4 Å². The van der Waals surface area contributed by atoms with E-state index in [1.165, 1.54) is 11.8 Å². The largest absolute Gasteiger partial charge is 0.377 e. The summed E-state index contributed by atoms with van der Waals surface area (Å²) in [7, 11) is 0. The van der Waals surface area contributed by atoms with Crippen molar-refractivity contribution in [2.75, 3.05) is 23.8 Å². The third kappa shape index (κ3) is 5.23. The lowest BCUT2D eigenvalue weighted by Gasteiger charge is -2.16. The topological polar surface area (TPSA) is 87.7 Å². The van der Waals surface area contributed by atoms with Gasteiger partial charge in [0.1, 0.15) is 5.70 Å². The van der Waals surface area contributed by atoms with Crippen LogP contribution in [-0.4, -0.2) is 41.9 Å². The summed E-state index contributed by atoms with van der Waals surface area (Å²) in [5.74, 6) is -0.892. The van der Waals surface area contributed by atoms with Crippen molar-refractivity contribution in [1.82, 2.24) is 4.90 Å². The van der Waals surface area contributed by atoms with Gasteiger partial charge in [-0.3, -0.25) is 19.3 Å². The highest BCUT2D eigenvalue weighted by Crippen LogP contribution is 2.32. The van der Waals surface area contributed by atoms with Gasteiger partial charge in [0.15, 0.2) is 0 Å². The summed E-state index contributed by atoms with van der Waals surface area (Å²) in [4.78, 5) is 39.0. The van der Waals surface area contributed by atoms with Crippen LogP contribution in [0.15, 0.2) is 48.2 Å². The van der Waals surface area contributed by atoms with Crippen molar-refractivity contribution >= 4 is 34.7 Å². The standard InChI is InChI=1S/C25H29N3O4/c1-15(2)32-13-12-28-24(30)22(21-11-6-16(3)14-17(21)4)23(25(28)31)27-20-9-7-19(8-10-20)26-18(5)29/h6-11,14-15,27H,12-13H2,1-5H3,(H,26,29). The van der Waals surface area contributed by atoms with Crippen LogP contribution in [0.1, 0.15) is 37.5 Å². The molecule has 3 rings (SSSR count). The average molecular weight is 436 g/mol. The lowest BCUT2D eigenvalue weighted by molar-refractivity contribution is -0.138. The molecule has 7 nitrogen and oxygen atoms in total.